The summed E-state index contributed by atoms with van der Waals surface area (Å²) in [5.74, 6) is -34.6. The van der Waals surface area contributed by atoms with Crippen LogP contribution in [0.4, 0.5) is 48.3 Å². The van der Waals surface area contributed by atoms with Crippen LogP contribution in [0.3, 0.4) is 0 Å². The van der Waals surface area contributed by atoms with Crippen LogP contribution in [0.2, 0.25) is 0 Å². The third-order valence-electron chi connectivity index (χ3n) is 6.45. The number of hydrogen-bond donors (Lipinski definition) is 0. The molecule has 204 valence electrons. The van der Waals surface area contributed by atoms with E-state index in [0.717, 1.165) is 32.1 Å². The fourth-order valence-corrected chi connectivity index (χ4v) is 5.20. The Morgan fingerprint density at radius 1 is 0.471 bits per heavy atom. The maximum atomic E-state index is 14.8. The van der Waals surface area contributed by atoms with Crippen molar-refractivity contribution in [1.29, 1.82) is 0 Å². The van der Waals surface area contributed by atoms with Crippen LogP contribution in [0.1, 0.15) is 96.8 Å². The third kappa shape index (κ3) is 5.75. The van der Waals surface area contributed by atoms with Gasteiger partial charge >= 0.3 is 29.6 Å². The molecule has 1 aliphatic rings. The summed E-state index contributed by atoms with van der Waals surface area (Å²) in [7, 11) is 0. The summed E-state index contributed by atoms with van der Waals surface area (Å²) in [5.41, 5.74) is -5.85. The Balaban J connectivity index is 2.57. The Morgan fingerprint density at radius 2 is 0.765 bits per heavy atom. The highest BCUT2D eigenvalue weighted by molar-refractivity contribution is 14.1. The van der Waals surface area contributed by atoms with Crippen LogP contribution < -0.4 is 0 Å². The molecule has 0 radical (unpaired) electrons. The van der Waals surface area contributed by atoms with Crippen LogP contribution in [0, 0.1) is 0 Å². The van der Waals surface area contributed by atoms with Crippen molar-refractivity contribution in [3.05, 3.63) is 0 Å². The molecule has 0 aliphatic heterocycles. The summed E-state index contributed by atoms with van der Waals surface area (Å²) in [6.45, 7) is 2.13. The van der Waals surface area contributed by atoms with Crippen LogP contribution in [0.25, 0.3) is 0 Å². The Morgan fingerprint density at radius 3 is 1.12 bits per heavy atom. The lowest BCUT2D eigenvalue weighted by Crippen LogP contribution is -2.83. The standard InChI is InChI=1S/C22H32F11I/c1-2-3-4-5-6-7-8-9-10-11-12-13-14-16(34)15-17(23)18(24,25)20(28,29)22(32,33)21(30,31)19(17,26)27/h16H,2-15H2,1H3. The molecular formula is C22H32F11I. The number of rotatable bonds is 15. The molecule has 0 aromatic carbocycles. The van der Waals surface area contributed by atoms with Gasteiger partial charge in [-0.1, -0.05) is 107 Å². The van der Waals surface area contributed by atoms with E-state index in [2.05, 4.69) is 6.92 Å². The average molecular weight is 632 g/mol. The second-order valence-corrected chi connectivity index (χ2v) is 10.9. The van der Waals surface area contributed by atoms with E-state index in [1.54, 1.807) is 0 Å². The van der Waals surface area contributed by atoms with Gasteiger partial charge in [0.15, 0.2) is 0 Å². The number of alkyl halides is 12. The van der Waals surface area contributed by atoms with Crippen LogP contribution >= 0.6 is 22.6 Å². The normalized spacial score (nSPS) is 24.6. The molecule has 0 amide bonds. The Labute approximate surface area is 206 Å². The van der Waals surface area contributed by atoms with Crippen LogP contribution in [-0.2, 0) is 0 Å². The molecule has 1 fully saturated rings. The zero-order chi connectivity index (χ0) is 26.5. The van der Waals surface area contributed by atoms with Crippen molar-refractivity contribution in [2.24, 2.45) is 0 Å². The van der Waals surface area contributed by atoms with E-state index in [1.165, 1.54) is 48.3 Å². The van der Waals surface area contributed by atoms with Gasteiger partial charge in [-0.2, -0.15) is 43.9 Å². The molecule has 1 aliphatic carbocycles. The van der Waals surface area contributed by atoms with E-state index in [4.69, 9.17) is 0 Å². The van der Waals surface area contributed by atoms with Gasteiger partial charge in [0.25, 0.3) is 5.67 Å². The summed E-state index contributed by atoms with van der Waals surface area (Å²) in [4.78, 5) is 0. The van der Waals surface area contributed by atoms with Gasteiger partial charge in [-0.15, -0.1) is 0 Å². The monoisotopic (exact) mass is 632 g/mol. The number of hydrogen-bond acceptors (Lipinski definition) is 0. The Kier molecular flexibility index (Phi) is 11.3. The Bertz CT molecular complexity index is 592. The molecule has 0 spiro atoms. The second kappa shape index (κ2) is 12.0. The topological polar surface area (TPSA) is 0 Å². The molecule has 34 heavy (non-hydrogen) atoms. The minimum Gasteiger partial charge on any atom is -0.230 e. The molecule has 0 nitrogen and oxygen atoms in total. The van der Waals surface area contributed by atoms with Crippen LogP contribution in [0.5, 0.6) is 0 Å². The summed E-state index contributed by atoms with van der Waals surface area (Å²) in [5, 5.41) is 0. The maximum Gasteiger partial charge on any atom is 0.384 e. The van der Waals surface area contributed by atoms with Gasteiger partial charge in [-0.3, -0.25) is 0 Å². The number of halogens is 12. The molecule has 12 heteroatoms. The largest absolute Gasteiger partial charge is 0.384 e. The molecule has 0 saturated heterocycles. The summed E-state index contributed by atoms with van der Waals surface area (Å²) < 4.78 is 150. The SMILES string of the molecule is CCCCCCCCCCCCCCC(I)CC1(F)C(F)(F)C(F)(F)C(F)(F)C(F)(F)C1(F)F. The second-order valence-electron chi connectivity index (χ2n) is 9.15. The van der Waals surface area contributed by atoms with E-state index < -0.39 is 45.6 Å². The molecule has 0 aromatic heterocycles. The molecule has 1 rings (SSSR count). The van der Waals surface area contributed by atoms with Gasteiger partial charge in [-0.05, 0) is 6.42 Å². The fraction of sp³-hybridized carbons (Fsp3) is 1.00. The Hall–Kier alpha value is -0.0400. The lowest BCUT2D eigenvalue weighted by molar-refractivity contribution is -0.485. The van der Waals surface area contributed by atoms with E-state index in [0.29, 0.717) is 12.8 Å². The van der Waals surface area contributed by atoms with Gasteiger partial charge in [-0.25, -0.2) is 4.39 Å². The molecule has 1 unspecified atom stereocenters. The zero-order valence-corrected chi connectivity index (χ0v) is 21.2. The highest BCUT2D eigenvalue weighted by Crippen LogP contribution is 2.70. The minimum atomic E-state index is -7.14. The van der Waals surface area contributed by atoms with Crippen LogP contribution in [-0.4, -0.2) is 39.2 Å². The first-order valence-electron chi connectivity index (χ1n) is 11.7. The molecule has 0 aromatic rings. The van der Waals surface area contributed by atoms with Crippen molar-refractivity contribution in [3.8, 4) is 0 Å². The first-order valence-corrected chi connectivity index (χ1v) is 12.9. The molecule has 0 bridgehead atoms. The van der Waals surface area contributed by atoms with E-state index >= 15 is 0 Å². The van der Waals surface area contributed by atoms with E-state index in [-0.39, 0.29) is 12.8 Å². The van der Waals surface area contributed by atoms with Gasteiger partial charge in [0.1, 0.15) is 0 Å². The highest BCUT2D eigenvalue weighted by Gasteiger charge is 3.00. The highest BCUT2D eigenvalue weighted by atomic mass is 127. The van der Waals surface area contributed by atoms with Gasteiger partial charge < -0.3 is 0 Å². The van der Waals surface area contributed by atoms with Crippen molar-refractivity contribution >= 4 is 22.6 Å². The zero-order valence-electron chi connectivity index (χ0n) is 19.0. The quantitative estimate of drug-likeness (QED) is 0.0730. The third-order valence-corrected chi connectivity index (χ3v) is 7.51. The average Bonchev–Trinajstić information content (AvgIpc) is 2.72. The van der Waals surface area contributed by atoms with Crippen molar-refractivity contribution in [1.82, 2.24) is 0 Å². The van der Waals surface area contributed by atoms with Gasteiger partial charge in [0.2, 0.25) is 0 Å². The first kappa shape index (κ1) is 32.0. The molecule has 0 N–H and O–H groups in total. The van der Waals surface area contributed by atoms with Crippen molar-refractivity contribution in [2.75, 3.05) is 0 Å². The van der Waals surface area contributed by atoms with Crippen molar-refractivity contribution < 1.29 is 48.3 Å². The van der Waals surface area contributed by atoms with Crippen LogP contribution in [0.15, 0.2) is 0 Å². The molecule has 1 atom stereocenters. The first-order chi connectivity index (χ1) is 15.5. The molecule has 1 saturated carbocycles. The van der Waals surface area contributed by atoms with E-state index in [9.17, 15) is 48.3 Å². The lowest BCUT2D eigenvalue weighted by Gasteiger charge is -2.53. The van der Waals surface area contributed by atoms with Crippen molar-refractivity contribution in [3.63, 3.8) is 0 Å². The number of unbranched alkanes of at least 4 members (excludes halogenated alkanes) is 11. The predicted octanol–water partition coefficient (Wildman–Crippen LogP) is 10.2. The predicted molar refractivity (Wildman–Crippen MR) is 117 cm³/mol. The maximum absolute atomic E-state index is 14.8. The van der Waals surface area contributed by atoms with Gasteiger partial charge in [0.05, 0.1) is 0 Å². The van der Waals surface area contributed by atoms with E-state index in [1.807, 2.05) is 0 Å². The fourth-order valence-electron chi connectivity index (χ4n) is 4.16. The molecular weight excluding hydrogens is 600 g/mol. The minimum absolute atomic E-state index is 0.191. The van der Waals surface area contributed by atoms with Gasteiger partial charge in [0, 0.05) is 10.3 Å². The lowest BCUT2D eigenvalue weighted by atomic mass is 9.70. The smallest absolute Gasteiger partial charge is 0.230 e. The summed E-state index contributed by atoms with van der Waals surface area (Å²) in [6, 6.07) is 0. The molecule has 0 heterocycles. The van der Waals surface area contributed by atoms with Crippen molar-refractivity contribution in [2.45, 2.75) is 136 Å². The summed E-state index contributed by atoms with van der Waals surface area (Å²) in [6.07, 6.45) is 9.08. The summed E-state index contributed by atoms with van der Waals surface area (Å²) >= 11 is 1.23.